The highest BCUT2D eigenvalue weighted by atomic mass is 16.5. The Hall–Kier alpha value is -3.19. The monoisotopic (exact) mass is 406 g/mol. The molecule has 3 heterocycles. The average molecular weight is 406 g/mol. The van der Waals surface area contributed by atoms with Gasteiger partial charge in [-0.15, -0.1) is 0 Å². The van der Waals surface area contributed by atoms with Crippen molar-refractivity contribution >= 4 is 0 Å². The third-order valence-corrected chi connectivity index (χ3v) is 5.47. The van der Waals surface area contributed by atoms with Gasteiger partial charge in [-0.2, -0.15) is 0 Å². The number of methoxy groups -OCH3 is 2. The molecule has 156 valence electrons. The van der Waals surface area contributed by atoms with Crippen molar-refractivity contribution in [3.63, 3.8) is 0 Å². The van der Waals surface area contributed by atoms with Gasteiger partial charge in [0.1, 0.15) is 5.82 Å². The Kier molecular flexibility index (Phi) is 6.09. The third kappa shape index (κ3) is 4.52. The predicted molar refractivity (Wildman–Crippen MR) is 115 cm³/mol. The highest BCUT2D eigenvalue weighted by Crippen LogP contribution is 2.30. The average Bonchev–Trinajstić information content (AvgIpc) is 2.79. The van der Waals surface area contributed by atoms with Gasteiger partial charge in [0.05, 0.1) is 19.9 Å². The summed E-state index contributed by atoms with van der Waals surface area (Å²) in [4.78, 5) is 26.4. The molecular formula is C23H26N4O3. The normalized spacial score (nSPS) is 16.9. The van der Waals surface area contributed by atoms with Crippen LogP contribution in [0, 0.1) is 0 Å². The van der Waals surface area contributed by atoms with Crippen LogP contribution in [0.5, 0.6) is 11.5 Å². The molecule has 1 unspecified atom stereocenters. The lowest BCUT2D eigenvalue weighted by Gasteiger charge is -2.32. The van der Waals surface area contributed by atoms with Crippen LogP contribution in [-0.4, -0.2) is 47.2 Å². The van der Waals surface area contributed by atoms with Crippen LogP contribution in [0.3, 0.4) is 0 Å². The Morgan fingerprint density at radius 1 is 1.17 bits per heavy atom. The largest absolute Gasteiger partial charge is 0.493 e. The molecule has 1 N–H and O–H groups in total. The van der Waals surface area contributed by atoms with E-state index in [0.29, 0.717) is 5.82 Å². The molecule has 1 fully saturated rings. The minimum atomic E-state index is -0.129. The van der Waals surface area contributed by atoms with Gasteiger partial charge < -0.3 is 14.5 Å². The van der Waals surface area contributed by atoms with Crippen LogP contribution in [0.1, 0.15) is 30.0 Å². The fourth-order valence-corrected chi connectivity index (χ4v) is 4.00. The lowest BCUT2D eigenvalue weighted by Crippen LogP contribution is -2.34. The fourth-order valence-electron chi connectivity index (χ4n) is 4.00. The number of likely N-dealkylation sites (tertiary alicyclic amines) is 1. The first kappa shape index (κ1) is 20.1. The van der Waals surface area contributed by atoms with E-state index < -0.39 is 0 Å². The third-order valence-electron chi connectivity index (χ3n) is 5.47. The number of hydrogen-bond donors (Lipinski definition) is 1. The number of ether oxygens (including phenoxy) is 2. The van der Waals surface area contributed by atoms with Gasteiger partial charge in [0, 0.05) is 43.0 Å². The lowest BCUT2D eigenvalue weighted by molar-refractivity contribution is 0.198. The van der Waals surface area contributed by atoms with E-state index in [-0.39, 0.29) is 11.5 Å². The van der Waals surface area contributed by atoms with E-state index in [1.54, 1.807) is 32.7 Å². The number of pyridine rings is 1. The number of piperidine rings is 1. The zero-order chi connectivity index (χ0) is 20.9. The van der Waals surface area contributed by atoms with Gasteiger partial charge in [0.2, 0.25) is 0 Å². The van der Waals surface area contributed by atoms with Gasteiger partial charge in [-0.1, -0.05) is 6.07 Å². The summed E-state index contributed by atoms with van der Waals surface area (Å²) in [6.07, 6.45) is 5.50. The summed E-state index contributed by atoms with van der Waals surface area (Å²) in [5.41, 5.74) is 2.70. The summed E-state index contributed by atoms with van der Waals surface area (Å²) >= 11 is 0. The Bertz CT molecular complexity index is 1050. The molecule has 7 nitrogen and oxygen atoms in total. The van der Waals surface area contributed by atoms with Gasteiger partial charge in [-0.3, -0.25) is 14.7 Å². The highest BCUT2D eigenvalue weighted by molar-refractivity contribution is 5.52. The van der Waals surface area contributed by atoms with E-state index in [1.807, 2.05) is 24.3 Å². The number of H-pyrrole nitrogens is 1. The van der Waals surface area contributed by atoms with Crippen LogP contribution in [0.4, 0.5) is 0 Å². The Labute approximate surface area is 175 Å². The van der Waals surface area contributed by atoms with Crippen molar-refractivity contribution in [2.24, 2.45) is 0 Å². The number of nitrogens with zero attached hydrogens (tertiary/aromatic N) is 3. The van der Waals surface area contributed by atoms with Crippen molar-refractivity contribution in [3.05, 3.63) is 70.4 Å². The second-order valence-electron chi connectivity index (χ2n) is 7.52. The van der Waals surface area contributed by atoms with Crippen LogP contribution in [0.2, 0.25) is 0 Å². The van der Waals surface area contributed by atoms with Crippen molar-refractivity contribution in [1.29, 1.82) is 0 Å². The van der Waals surface area contributed by atoms with Gasteiger partial charge in [0.25, 0.3) is 5.56 Å². The Morgan fingerprint density at radius 2 is 2.03 bits per heavy atom. The molecule has 1 aliphatic heterocycles. The maximum atomic E-state index is 12.3. The Balaban J connectivity index is 1.52. The molecule has 0 aliphatic carbocycles. The topological polar surface area (TPSA) is 80.3 Å². The summed E-state index contributed by atoms with van der Waals surface area (Å²) < 4.78 is 10.8. The van der Waals surface area contributed by atoms with Crippen molar-refractivity contribution in [2.45, 2.75) is 25.3 Å². The molecule has 0 spiro atoms. The van der Waals surface area contributed by atoms with Crippen LogP contribution < -0.4 is 15.0 Å². The number of aromatic amines is 1. The molecule has 2 aromatic heterocycles. The fraction of sp³-hybridized carbons (Fsp3) is 0.348. The molecule has 7 heteroatoms. The van der Waals surface area contributed by atoms with Gasteiger partial charge >= 0.3 is 0 Å². The number of rotatable bonds is 6. The van der Waals surface area contributed by atoms with E-state index in [9.17, 15) is 4.79 Å². The summed E-state index contributed by atoms with van der Waals surface area (Å²) in [5.74, 6) is 2.26. The van der Waals surface area contributed by atoms with Gasteiger partial charge in [-0.05, 0) is 49.2 Å². The maximum absolute atomic E-state index is 12.3. The van der Waals surface area contributed by atoms with Gasteiger partial charge in [-0.25, -0.2) is 4.98 Å². The number of aromatic nitrogens is 3. The molecule has 1 atom stereocenters. The quantitative estimate of drug-likeness (QED) is 0.677. The van der Waals surface area contributed by atoms with Crippen molar-refractivity contribution < 1.29 is 9.47 Å². The van der Waals surface area contributed by atoms with Gasteiger partial charge in [0.15, 0.2) is 11.5 Å². The smallest absolute Gasteiger partial charge is 0.251 e. The predicted octanol–water partition coefficient (Wildman–Crippen LogP) is 3.23. The zero-order valence-electron chi connectivity index (χ0n) is 17.3. The van der Waals surface area contributed by atoms with E-state index >= 15 is 0 Å². The first-order valence-corrected chi connectivity index (χ1v) is 10.1. The first-order chi connectivity index (χ1) is 14.7. The molecule has 0 saturated carbocycles. The van der Waals surface area contributed by atoms with Crippen molar-refractivity contribution in [3.8, 4) is 22.9 Å². The second kappa shape index (κ2) is 9.09. The number of hydrogen-bond acceptors (Lipinski definition) is 6. The second-order valence-corrected chi connectivity index (χ2v) is 7.52. The number of benzene rings is 1. The van der Waals surface area contributed by atoms with E-state index in [4.69, 9.17) is 14.5 Å². The Morgan fingerprint density at radius 3 is 2.80 bits per heavy atom. The highest BCUT2D eigenvalue weighted by Gasteiger charge is 2.24. The summed E-state index contributed by atoms with van der Waals surface area (Å²) in [5, 5.41) is 0. The summed E-state index contributed by atoms with van der Waals surface area (Å²) in [7, 11) is 3.29. The van der Waals surface area contributed by atoms with Crippen LogP contribution in [0.15, 0.2) is 53.6 Å². The standard InChI is InChI=1S/C23H26N4O3/c1-29-20-8-7-16(11-21(20)30-2)14-27-10-4-6-18(15-27)19-12-22(28)26-23(25-19)17-5-3-9-24-13-17/h3,5,7-9,11-13,18H,4,6,10,14-15H2,1-2H3,(H,25,26,28). The molecule has 1 aliphatic rings. The molecule has 4 rings (SSSR count). The SMILES string of the molecule is COc1ccc(CN2CCCC(c3cc(=O)[nH]c(-c4cccnc4)n3)C2)cc1OC. The van der Waals surface area contributed by atoms with Crippen LogP contribution >= 0.6 is 0 Å². The van der Waals surface area contributed by atoms with Crippen LogP contribution in [0.25, 0.3) is 11.4 Å². The molecule has 0 amide bonds. The molecule has 1 saturated heterocycles. The van der Waals surface area contributed by atoms with E-state index in [0.717, 1.165) is 55.2 Å². The van der Waals surface area contributed by atoms with Crippen LogP contribution in [-0.2, 0) is 6.54 Å². The first-order valence-electron chi connectivity index (χ1n) is 10.1. The van der Waals surface area contributed by atoms with E-state index in [1.165, 1.54) is 5.56 Å². The minimum Gasteiger partial charge on any atom is -0.493 e. The lowest BCUT2D eigenvalue weighted by atomic mass is 9.94. The molecule has 30 heavy (non-hydrogen) atoms. The zero-order valence-corrected chi connectivity index (χ0v) is 17.3. The maximum Gasteiger partial charge on any atom is 0.251 e. The molecule has 1 aromatic carbocycles. The summed E-state index contributed by atoms with van der Waals surface area (Å²) in [6.45, 7) is 2.69. The molecular weight excluding hydrogens is 380 g/mol. The van der Waals surface area contributed by atoms with Crippen molar-refractivity contribution in [2.75, 3.05) is 27.3 Å². The van der Waals surface area contributed by atoms with Crippen molar-refractivity contribution in [1.82, 2.24) is 19.9 Å². The minimum absolute atomic E-state index is 0.129. The molecule has 0 bridgehead atoms. The number of nitrogens with one attached hydrogen (secondary N) is 1. The molecule has 3 aromatic rings. The summed E-state index contributed by atoms with van der Waals surface area (Å²) in [6, 6.07) is 11.4. The molecule has 0 radical (unpaired) electrons. The van der Waals surface area contributed by atoms with E-state index in [2.05, 4.69) is 20.9 Å².